The molecule has 2 heteroatoms. The van der Waals surface area contributed by atoms with Crippen LogP contribution in [0.4, 0.5) is 11.4 Å². The molecule has 0 saturated heterocycles. The van der Waals surface area contributed by atoms with Crippen molar-refractivity contribution in [2.24, 2.45) is 9.98 Å². The number of hydrogen-bond donors (Lipinski definition) is 0. The molecular formula is C11H14N2. The van der Waals surface area contributed by atoms with Crippen molar-refractivity contribution in [1.82, 2.24) is 0 Å². The third-order valence-electron chi connectivity index (χ3n) is 1.67. The zero-order chi connectivity index (χ0) is 9.68. The maximum Gasteiger partial charge on any atom is 0.0884 e. The smallest absolute Gasteiger partial charge is 0.0884 e. The number of nitrogens with zero attached hydrogens (tertiary/aromatic N) is 2. The van der Waals surface area contributed by atoms with E-state index < -0.39 is 0 Å². The predicted molar refractivity (Wildman–Crippen MR) is 58.8 cm³/mol. The molecule has 0 bridgehead atoms. The number of rotatable bonds is 2. The van der Waals surface area contributed by atoms with Crippen molar-refractivity contribution in [3.8, 4) is 0 Å². The van der Waals surface area contributed by atoms with E-state index in [2.05, 4.69) is 9.98 Å². The molecule has 0 aromatic heterocycles. The first-order valence-corrected chi connectivity index (χ1v) is 4.36. The van der Waals surface area contributed by atoms with Gasteiger partial charge >= 0.3 is 0 Å². The van der Waals surface area contributed by atoms with Crippen molar-refractivity contribution in [2.45, 2.75) is 20.8 Å². The molecule has 1 aromatic carbocycles. The molecule has 0 fully saturated rings. The molecule has 0 radical (unpaired) electrons. The molecule has 1 rings (SSSR count). The van der Waals surface area contributed by atoms with E-state index in [1.165, 1.54) is 5.56 Å². The fraction of sp³-hybridized carbons (Fsp3) is 0.273. The van der Waals surface area contributed by atoms with E-state index in [0.29, 0.717) is 0 Å². The molecule has 13 heavy (non-hydrogen) atoms. The van der Waals surface area contributed by atoms with E-state index in [4.69, 9.17) is 0 Å². The second-order valence-electron chi connectivity index (χ2n) is 2.77. The van der Waals surface area contributed by atoms with Crippen LogP contribution in [0.25, 0.3) is 0 Å². The number of aryl methyl sites for hydroxylation is 1. The average Bonchev–Trinajstić information content (AvgIpc) is 2.10. The Bertz CT molecular complexity index is 338. The molecule has 0 atom stereocenters. The summed E-state index contributed by atoms with van der Waals surface area (Å²) < 4.78 is 0. The standard InChI is InChI=1S/C11H14N2/c1-4-12-10-7-6-9(3)8-11(10)13-5-2/h4-8H,1-3H3. The van der Waals surface area contributed by atoms with E-state index in [1.54, 1.807) is 12.4 Å². The fourth-order valence-electron chi connectivity index (χ4n) is 1.12. The van der Waals surface area contributed by atoms with Gasteiger partial charge in [-0.2, -0.15) is 0 Å². The highest BCUT2D eigenvalue weighted by Crippen LogP contribution is 2.28. The van der Waals surface area contributed by atoms with Crippen LogP contribution in [-0.2, 0) is 0 Å². The third-order valence-corrected chi connectivity index (χ3v) is 1.67. The van der Waals surface area contributed by atoms with Crippen molar-refractivity contribution in [2.75, 3.05) is 0 Å². The van der Waals surface area contributed by atoms with Gasteiger partial charge in [-0.3, -0.25) is 9.98 Å². The third kappa shape index (κ3) is 2.51. The predicted octanol–water partition coefficient (Wildman–Crippen LogP) is 3.44. The van der Waals surface area contributed by atoms with Gasteiger partial charge < -0.3 is 0 Å². The molecule has 0 aliphatic rings. The van der Waals surface area contributed by atoms with Crippen molar-refractivity contribution in [3.63, 3.8) is 0 Å². The molecule has 0 aliphatic heterocycles. The van der Waals surface area contributed by atoms with E-state index in [1.807, 2.05) is 39.0 Å². The molecule has 0 spiro atoms. The first-order valence-electron chi connectivity index (χ1n) is 4.36. The van der Waals surface area contributed by atoms with Gasteiger partial charge in [0.1, 0.15) is 0 Å². The van der Waals surface area contributed by atoms with Crippen LogP contribution < -0.4 is 0 Å². The Hall–Kier alpha value is -1.44. The van der Waals surface area contributed by atoms with Crippen LogP contribution in [0.1, 0.15) is 19.4 Å². The minimum Gasteiger partial charge on any atom is -0.259 e. The molecule has 1 aromatic rings. The van der Waals surface area contributed by atoms with Crippen LogP contribution in [0.15, 0.2) is 28.2 Å². The summed E-state index contributed by atoms with van der Waals surface area (Å²) >= 11 is 0. The Morgan fingerprint density at radius 3 is 2.23 bits per heavy atom. The summed E-state index contributed by atoms with van der Waals surface area (Å²) in [5, 5.41) is 0. The maximum absolute atomic E-state index is 4.25. The summed E-state index contributed by atoms with van der Waals surface area (Å²) in [6, 6.07) is 6.05. The molecule has 0 aliphatic carbocycles. The van der Waals surface area contributed by atoms with Crippen molar-refractivity contribution >= 4 is 23.8 Å². The van der Waals surface area contributed by atoms with Gasteiger partial charge in [-0.1, -0.05) is 6.07 Å². The molecule has 0 N–H and O–H groups in total. The lowest BCUT2D eigenvalue weighted by atomic mass is 10.2. The molecular weight excluding hydrogens is 160 g/mol. The van der Waals surface area contributed by atoms with Crippen LogP contribution in [0.2, 0.25) is 0 Å². The molecule has 0 saturated carbocycles. The molecule has 68 valence electrons. The average molecular weight is 174 g/mol. The quantitative estimate of drug-likeness (QED) is 0.613. The van der Waals surface area contributed by atoms with E-state index in [9.17, 15) is 0 Å². The Morgan fingerprint density at radius 2 is 1.62 bits per heavy atom. The van der Waals surface area contributed by atoms with Gasteiger partial charge in [-0.05, 0) is 38.5 Å². The highest BCUT2D eigenvalue weighted by molar-refractivity contribution is 5.73. The van der Waals surface area contributed by atoms with E-state index >= 15 is 0 Å². The zero-order valence-electron chi connectivity index (χ0n) is 8.28. The fourth-order valence-corrected chi connectivity index (χ4v) is 1.12. The first kappa shape index (κ1) is 9.65. The normalized spacial score (nSPS) is 11.6. The van der Waals surface area contributed by atoms with E-state index in [0.717, 1.165) is 11.4 Å². The van der Waals surface area contributed by atoms with Crippen molar-refractivity contribution in [3.05, 3.63) is 23.8 Å². The SMILES string of the molecule is CC=Nc1ccc(C)cc1N=CC. The van der Waals surface area contributed by atoms with Crippen molar-refractivity contribution in [1.29, 1.82) is 0 Å². The summed E-state index contributed by atoms with van der Waals surface area (Å²) in [5.41, 5.74) is 3.06. The van der Waals surface area contributed by atoms with Crippen LogP contribution in [0.3, 0.4) is 0 Å². The molecule has 0 unspecified atom stereocenters. The Balaban J connectivity index is 3.18. The highest BCUT2D eigenvalue weighted by atomic mass is 14.8. The summed E-state index contributed by atoms with van der Waals surface area (Å²) in [4.78, 5) is 8.47. The highest BCUT2D eigenvalue weighted by Gasteiger charge is 1.97. The monoisotopic (exact) mass is 174 g/mol. The number of benzene rings is 1. The lowest BCUT2D eigenvalue weighted by molar-refractivity contribution is 1.39. The van der Waals surface area contributed by atoms with Gasteiger partial charge in [0.2, 0.25) is 0 Å². The Kier molecular flexibility index (Phi) is 3.38. The lowest BCUT2D eigenvalue weighted by Crippen LogP contribution is -1.74. The van der Waals surface area contributed by atoms with Crippen LogP contribution >= 0.6 is 0 Å². The second-order valence-corrected chi connectivity index (χ2v) is 2.77. The second kappa shape index (κ2) is 4.55. The van der Waals surface area contributed by atoms with Crippen LogP contribution in [-0.4, -0.2) is 12.4 Å². The number of aliphatic imine (C=N–C) groups is 2. The minimum atomic E-state index is 0.922. The molecule has 0 heterocycles. The summed E-state index contributed by atoms with van der Waals surface area (Å²) in [5.74, 6) is 0. The Morgan fingerprint density at radius 1 is 1.00 bits per heavy atom. The molecule has 0 amide bonds. The maximum atomic E-state index is 4.25. The van der Waals surface area contributed by atoms with Gasteiger partial charge in [-0.25, -0.2) is 0 Å². The summed E-state index contributed by atoms with van der Waals surface area (Å²) in [7, 11) is 0. The molecule has 2 nitrogen and oxygen atoms in total. The zero-order valence-corrected chi connectivity index (χ0v) is 8.28. The van der Waals surface area contributed by atoms with Gasteiger partial charge in [0, 0.05) is 12.4 Å². The van der Waals surface area contributed by atoms with Gasteiger partial charge in [0.25, 0.3) is 0 Å². The van der Waals surface area contributed by atoms with Crippen LogP contribution in [0, 0.1) is 6.92 Å². The first-order chi connectivity index (χ1) is 6.27. The van der Waals surface area contributed by atoms with Crippen LogP contribution in [0.5, 0.6) is 0 Å². The lowest BCUT2D eigenvalue weighted by Gasteiger charge is -2.00. The minimum absolute atomic E-state index is 0.922. The topological polar surface area (TPSA) is 24.7 Å². The Labute approximate surface area is 79.0 Å². The largest absolute Gasteiger partial charge is 0.259 e. The van der Waals surface area contributed by atoms with E-state index in [-0.39, 0.29) is 0 Å². The number of hydrogen-bond acceptors (Lipinski definition) is 2. The summed E-state index contributed by atoms with van der Waals surface area (Å²) in [6.45, 7) is 5.86. The van der Waals surface area contributed by atoms with Gasteiger partial charge in [-0.15, -0.1) is 0 Å². The summed E-state index contributed by atoms with van der Waals surface area (Å²) in [6.07, 6.45) is 3.56. The van der Waals surface area contributed by atoms with Gasteiger partial charge in [0.15, 0.2) is 0 Å². The van der Waals surface area contributed by atoms with Gasteiger partial charge in [0.05, 0.1) is 11.4 Å². The van der Waals surface area contributed by atoms with Crippen molar-refractivity contribution < 1.29 is 0 Å².